The number of hydrogen-bond donors (Lipinski definition) is 2. The maximum Gasteiger partial charge on any atom is 0.251 e. The molecule has 0 fully saturated rings. The summed E-state index contributed by atoms with van der Waals surface area (Å²) in [7, 11) is 0. The van der Waals surface area contributed by atoms with Crippen LogP contribution in [0.4, 0.5) is 5.69 Å². The Morgan fingerprint density at radius 3 is 2.79 bits per heavy atom. The highest BCUT2D eigenvalue weighted by molar-refractivity contribution is 5.97. The van der Waals surface area contributed by atoms with E-state index in [0.29, 0.717) is 31.6 Å². The summed E-state index contributed by atoms with van der Waals surface area (Å²) in [6.45, 7) is 2.68. The summed E-state index contributed by atoms with van der Waals surface area (Å²) in [5.74, 6) is 1.47. The molecular weight excluding hydrogens is 416 g/mol. The van der Waals surface area contributed by atoms with Crippen LogP contribution in [0.2, 0.25) is 0 Å². The Morgan fingerprint density at radius 2 is 1.94 bits per heavy atom. The highest BCUT2D eigenvalue weighted by atomic mass is 16.5. The molecule has 0 radical (unpaired) electrons. The van der Waals surface area contributed by atoms with Crippen molar-refractivity contribution in [3.05, 3.63) is 83.7 Å². The minimum Gasteiger partial charge on any atom is -0.492 e. The van der Waals surface area contributed by atoms with E-state index in [2.05, 4.69) is 20.2 Å². The first-order chi connectivity index (χ1) is 16.1. The van der Waals surface area contributed by atoms with Crippen molar-refractivity contribution in [1.29, 1.82) is 0 Å². The molecule has 1 aliphatic heterocycles. The van der Waals surface area contributed by atoms with Gasteiger partial charge in [-0.25, -0.2) is 4.98 Å². The van der Waals surface area contributed by atoms with Gasteiger partial charge in [-0.15, -0.1) is 0 Å². The van der Waals surface area contributed by atoms with Gasteiger partial charge in [-0.1, -0.05) is 18.2 Å². The highest BCUT2D eigenvalue weighted by Crippen LogP contribution is 2.27. The molecule has 0 unspecified atom stereocenters. The molecular formula is C26H24N4O3. The van der Waals surface area contributed by atoms with E-state index < -0.39 is 0 Å². The lowest BCUT2D eigenvalue weighted by molar-refractivity contribution is -0.116. The monoisotopic (exact) mass is 440 g/mol. The number of hydrogen-bond acceptors (Lipinski definition) is 4. The second-order valence-electron chi connectivity index (χ2n) is 8.00. The average molecular weight is 441 g/mol. The molecule has 7 heteroatoms. The molecule has 33 heavy (non-hydrogen) atoms. The SMILES string of the molecule is Cc1nc2cc(C(=O)NCCOc3ccc4c(c3)CCC(=O)N4)ccc2n1-c1ccccc1. The van der Waals surface area contributed by atoms with E-state index in [-0.39, 0.29) is 11.8 Å². The number of amides is 2. The second-order valence-corrected chi connectivity index (χ2v) is 8.00. The number of carbonyl (C=O) groups excluding carboxylic acids is 2. The lowest BCUT2D eigenvalue weighted by Crippen LogP contribution is -2.28. The van der Waals surface area contributed by atoms with Gasteiger partial charge in [0.1, 0.15) is 18.2 Å². The fourth-order valence-corrected chi connectivity index (χ4v) is 4.13. The predicted octanol–water partition coefficient (Wildman–Crippen LogP) is 4.03. The molecule has 0 atom stereocenters. The standard InChI is InChI=1S/C26H24N4O3/c1-17-28-23-16-19(7-11-24(23)30(17)20-5-3-2-4-6-20)26(32)27-13-14-33-21-9-10-22-18(15-21)8-12-25(31)29-22/h2-7,9-11,15-16H,8,12-14H2,1H3,(H,27,32)(H,29,31). The molecule has 7 nitrogen and oxygen atoms in total. The fraction of sp³-hybridized carbons (Fsp3) is 0.192. The van der Waals surface area contributed by atoms with E-state index in [1.807, 2.05) is 73.7 Å². The van der Waals surface area contributed by atoms with E-state index >= 15 is 0 Å². The van der Waals surface area contributed by atoms with E-state index in [0.717, 1.165) is 39.5 Å². The largest absolute Gasteiger partial charge is 0.492 e. The zero-order valence-corrected chi connectivity index (χ0v) is 18.3. The summed E-state index contributed by atoms with van der Waals surface area (Å²) in [6.07, 6.45) is 1.19. The summed E-state index contributed by atoms with van der Waals surface area (Å²) in [6, 6.07) is 21.2. The number of aryl methyl sites for hydroxylation is 2. The third-order valence-corrected chi connectivity index (χ3v) is 5.73. The Kier molecular flexibility index (Phi) is 5.52. The number of fused-ring (bicyclic) bond motifs is 2. The number of rotatable bonds is 6. The van der Waals surface area contributed by atoms with Gasteiger partial charge < -0.3 is 15.4 Å². The molecule has 1 aliphatic rings. The minimum atomic E-state index is -0.166. The molecule has 0 bridgehead atoms. The number of aromatic nitrogens is 2. The Balaban J connectivity index is 1.21. The van der Waals surface area contributed by atoms with Crippen LogP contribution >= 0.6 is 0 Å². The third-order valence-electron chi connectivity index (χ3n) is 5.73. The number of imidazole rings is 1. The molecule has 0 spiro atoms. The van der Waals surface area contributed by atoms with Crippen LogP contribution in [-0.2, 0) is 11.2 Å². The molecule has 2 N–H and O–H groups in total. The summed E-state index contributed by atoms with van der Waals surface area (Å²) in [4.78, 5) is 28.8. The van der Waals surface area contributed by atoms with Crippen molar-refractivity contribution in [2.24, 2.45) is 0 Å². The van der Waals surface area contributed by atoms with Gasteiger partial charge in [-0.05, 0) is 67.4 Å². The van der Waals surface area contributed by atoms with Crippen LogP contribution in [0.3, 0.4) is 0 Å². The van der Waals surface area contributed by atoms with Crippen LogP contribution in [-0.4, -0.2) is 34.5 Å². The van der Waals surface area contributed by atoms with Crippen molar-refractivity contribution in [2.75, 3.05) is 18.5 Å². The summed E-state index contributed by atoms with van der Waals surface area (Å²) in [5.41, 5.74) is 5.24. The Hall–Kier alpha value is -4.13. The van der Waals surface area contributed by atoms with Crippen LogP contribution in [0, 0.1) is 6.92 Å². The van der Waals surface area contributed by atoms with Crippen LogP contribution in [0.25, 0.3) is 16.7 Å². The molecule has 2 heterocycles. The van der Waals surface area contributed by atoms with Gasteiger partial charge in [0.15, 0.2) is 0 Å². The molecule has 5 rings (SSSR count). The Bertz CT molecular complexity index is 1340. The van der Waals surface area contributed by atoms with E-state index in [1.165, 1.54) is 0 Å². The van der Waals surface area contributed by atoms with Crippen LogP contribution in [0.15, 0.2) is 66.7 Å². The molecule has 2 amide bonds. The number of nitrogens with zero attached hydrogens (tertiary/aromatic N) is 2. The molecule has 3 aromatic carbocycles. The van der Waals surface area contributed by atoms with E-state index in [9.17, 15) is 9.59 Å². The normalized spacial score (nSPS) is 12.8. The Morgan fingerprint density at radius 1 is 1.09 bits per heavy atom. The molecule has 0 saturated heterocycles. The van der Waals surface area contributed by atoms with Crippen molar-refractivity contribution in [1.82, 2.24) is 14.9 Å². The summed E-state index contributed by atoms with van der Waals surface area (Å²) < 4.78 is 7.86. The minimum absolute atomic E-state index is 0.0408. The number of para-hydroxylation sites is 1. The number of ether oxygens (including phenoxy) is 1. The molecule has 0 aliphatic carbocycles. The highest BCUT2D eigenvalue weighted by Gasteiger charge is 2.15. The van der Waals surface area contributed by atoms with Gasteiger partial charge in [0, 0.05) is 23.4 Å². The molecule has 166 valence electrons. The first-order valence-corrected chi connectivity index (χ1v) is 11.0. The van der Waals surface area contributed by atoms with Crippen molar-refractivity contribution in [3.8, 4) is 11.4 Å². The van der Waals surface area contributed by atoms with Gasteiger partial charge in [0.05, 0.1) is 17.6 Å². The molecule has 4 aromatic rings. The second kappa shape index (κ2) is 8.78. The molecule has 1 aromatic heterocycles. The fourth-order valence-electron chi connectivity index (χ4n) is 4.13. The van der Waals surface area contributed by atoms with Crippen LogP contribution < -0.4 is 15.4 Å². The number of anilines is 1. The number of benzene rings is 3. The molecule has 0 saturated carbocycles. The van der Waals surface area contributed by atoms with E-state index in [1.54, 1.807) is 0 Å². The van der Waals surface area contributed by atoms with Crippen LogP contribution in [0.5, 0.6) is 5.75 Å². The lowest BCUT2D eigenvalue weighted by Gasteiger charge is -2.17. The Labute approximate surface area is 191 Å². The predicted molar refractivity (Wildman–Crippen MR) is 127 cm³/mol. The van der Waals surface area contributed by atoms with Crippen LogP contribution in [0.1, 0.15) is 28.2 Å². The van der Waals surface area contributed by atoms with Gasteiger partial charge in [0.2, 0.25) is 5.91 Å². The topological polar surface area (TPSA) is 85.2 Å². The van der Waals surface area contributed by atoms with Crippen molar-refractivity contribution in [2.45, 2.75) is 19.8 Å². The van der Waals surface area contributed by atoms with Crippen molar-refractivity contribution in [3.63, 3.8) is 0 Å². The van der Waals surface area contributed by atoms with Gasteiger partial charge >= 0.3 is 0 Å². The summed E-state index contributed by atoms with van der Waals surface area (Å²) in [5, 5.41) is 5.76. The quantitative estimate of drug-likeness (QED) is 0.444. The zero-order valence-electron chi connectivity index (χ0n) is 18.3. The van der Waals surface area contributed by atoms with Gasteiger partial charge in [-0.2, -0.15) is 0 Å². The smallest absolute Gasteiger partial charge is 0.251 e. The first kappa shape index (κ1) is 20.8. The van der Waals surface area contributed by atoms with Crippen molar-refractivity contribution >= 4 is 28.5 Å². The van der Waals surface area contributed by atoms with E-state index in [4.69, 9.17) is 4.74 Å². The number of carbonyl (C=O) groups is 2. The first-order valence-electron chi connectivity index (χ1n) is 11.0. The zero-order chi connectivity index (χ0) is 22.8. The lowest BCUT2D eigenvalue weighted by atomic mass is 10.0. The third kappa shape index (κ3) is 4.30. The summed E-state index contributed by atoms with van der Waals surface area (Å²) >= 11 is 0. The maximum atomic E-state index is 12.6. The van der Waals surface area contributed by atoms with Gasteiger partial charge in [-0.3, -0.25) is 14.2 Å². The number of nitrogens with one attached hydrogen (secondary N) is 2. The maximum absolute atomic E-state index is 12.6. The van der Waals surface area contributed by atoms with Gasteiger partial charge in [0.25, 0.3) is 5.91 Å². The average Bonchev–Trinajstić information content (AvgIpc) is 3.17. The van der Waals surface area contributed by atoms with Crippen molar-refractivity contribution < 1.29 is 14.3 Å².